The molecule has 1 N–H and O–H groups in total. The number of hydrogen-bond acceptors (Lipinski definition) is 3. The van der Waals surface area contributed by atoms with Crippen LogP contribution in [-0.2, 0) is 7.05 Å². The zero-order chi connectivity index (χ0) is 13.9. The Morgan fingerprint density at radius 2 is 2.15 bits per heavy atom. The van der Waals surface area contributed by atoms with Crippen molar-refractivity contribution in [1.29, 1.82) is 0 Å². The quantitative estimate of drug-likeness (QED) is 0.787. The first kappa shape index (κ1) is 12.2. The van der Waals surface area contributed by atoms with Crippen LogP contribution in [-0.4, -0.2) is 25.2 Å². The van der Waals surface area contributed by atoms with Gasteiger partial charge in [0.1, 0.15) is 0 Å². The van der Waals surface area contributed by atoms with Crippen molar-refractivity contribution in [3.05, 3.63) is 60.9 Å². The summed E-state index contributed by atoms with van der Waals surface area (Å²) >= 11 is 0. The molecule has 0 spiro atoms. The minimum absolute atomic E-state index is 0.189. The molecule has 1 amide bonds. The van der Waals surface area contributed by atoms with E-state index < -0.39 is 0 Å². The van der Waals surface area contributed by atoms with E-state index in [0.717, 1.165) is 11.4 Å². The number of aryl methyl sites for hydroxylation is 1. The van der Waals surface area contributed by atoms with Crippen LogP contribution < -0.4 is 5.32 Å². The summed E-state index contributed by atoms with van der Waals surface area (Å²) in [6.07, 6.45) is 8.42. The monoisotopic (exact) mass is 267 g/mol. The van der Waals surface area contributed by atoms with Gasteiger partial charge in [-0.1, -0.05) is 12.1 Å². The predicted molar refractivity (Wildman–Crippen MR) is 74.7 cm³/mol. The van der Waals surface area contributed by atoms with Crippen molar-refractivity contribution in [2.45, 2.75) is 0 Å². The molecule has 0 saturated carbocycles. The fraction of sp³-hybridized carbons (Fsp3) is 0.0714. The van der Waals surface area contributed by atoms with Gasteiger partial charge in [0, 0.05) is 25.6 Å². The van der Waals surface area contributed by atoms with Gasteiger partial charge in [-0.05, 0) is 12.1 Å². The topological polar surface area (TPSA) is 64.7 Å². The van der Waals surface area contributed by atoms with E-state index in [-0.39, 0.29) is 5.91 Å². The van der Waals surface area contributed by atoms with Gasteiger partial charge in [0.2, 0.25) is 0 Å². The highest BCUT2D eigenvalue weighted by molar-refractivity contribution is 6.04. The zero-order valence-electron chi connectivity index (χ0n) is 10.9. The number of anilines is 1. The Hall–Kier alpha value is -2.89. The van der Waals surface area contributed by atoms with Gasteiger partial charge < -0.3 is 9.88 Å². The Labute approximate surface area is 115 Å². The third-order valence-electron chi connectivity index (χ3n) is 2.90. The molecule has 0 atom stereocenters. The molecular weight excluding hydrogens is 254 g/mol. The molecule has 0 saturated heterocycles. The minimum Gasteiger partial charge on any atom is -0.320 e. The molecule has 0 unspecified atom stereocenters. The molecule has 3 aromatic rings. The summed E-state index contributed by atoms with van der Waals surface area (Å²) in [6, 6.07) is 7.55. The number of nitrogens with one attached hydrogen (secondary N) is 1. The number of benzene rings is 1. The zero-order valence-corrected chi connectivity index (χ0v) is 10.9. The Morgan fingerprint density at radius 1 is 1.30 bits per heavy atom. The molecular formula is C14H13N5O. The van der Waals surface area contributed by atoms with Crippen molar-refractivity contribution >= 4 is 11.6 Å². The second-order valence-electron chi connectivity index (χ2n) is 4.34. The van der Waals surface area contributed by atoms with Crippen molar-refractivity contribution in [2.24, 2.45) is 7.05 Å². The number of carbonyl (C=O) groups excluding carboxylic acids is 1. The molecule has 1 aromatic carbocycles. The van der Waals surface area contributed by atoms with Gasteiger partial charge in [-0.3, -0.25) is 9.48 Å². The van der Waals surface area contributed by atoms with E-state index in [1.54, 1.807) is 30.5 Å². The van der Waals surface area contributed by atoms with Crippen LogP contribution in [0, 0.1) is 0 Å². The number of amides is 1. The lowest BCUT2D eigenvalue weighted by atomic mass is 10.2. The number of hydrogen-bond donors (Lipinski definition) is 1. The maximum absolute atomic E-state index is 12.2. The summed E-state index contributed by atoms with van der Waals surface area (Å²) < 4.78 is 3.44. The Morgan fingerprint density at radius 3 is 2.85 bits per heavy atom. The molecule has 20 heavy (non-hydrogen) atoms. The van der Waals surface area contributed by atoms with Crippen LogP contribution >= 0.6 is 0 Å². The fourth-order valence-electron chi connectivity index (χ4n) is 1.94. The van der Waals surface area contributed by atoms with Crippen molar-refractivity contribution < 1.29 is 4.79 Å². The number of rotatable bonds is 3. The highest BCUT2D eigenvalue weighted by Crippen LogP contribution is 2.20. The molecule has 0 aliphatic rings. The van der Waals surface area contributed by atoms with Crippen molar-refractivity contribution in [3.63, 3.8) is 0 Å². The van der Waals surface area contributed by atoms with E-state index in [2.05, 4.69) is 15.4 Å². The van der Waals surface area contributed by atoms with Crippen LogP contribution in [0.3, 0.4) is 0 Å². The van der Waals surface area contributed by atoms with Crippen molar-refractivity contribution in [2.75, 3.05) is 5.32 Å². The summed E-state index contributed by atoms with van der Waals surface area (Å²) in [5, 5.41) is 6.88. The van der Waals surface area contributed by atoms with Gasteiger partial charge in [-0.25, -0.2) is 4.98 Å². The lowest BCUT2D eigenvalue weighted by Gasteiger charge is -2.10. The summed E-state index contributed by atoms with van der Waals surface area (Å²) in [6.45, 7) is 0. The van der Waals surface area contributed by atoms with Crippen LogP contribution in [0.2, 0.25) is 0 Å². The first-order valence-corrected chi connectivity index (χ1v) is 6.11. The van der Waals surface area contributed by atoms with E-state index in [9.17, 15) is 4.79 Å². The summed E-state index contributed by atoms with van der Waals surface area (Å²) in [5.41, 5.74) is 2.11. The van der Waals surface area contributed by atoms with E-state index >= 15 is 0 Å². The second kappa shape index (κ2) is 5.00. The normalized spacial score (nSPS) is 10.4. The molecule has 100 valence electrons. The van der Waals surface area contributed by atoms with Crippen molar-refractivity contribution in [1.82, 2.24) is 19.3 Å². The first-order chi connectivity index (χ1) is 9.74. The molecule has 0 aliphatic carbocycles. The van der Waals surface area contributed by atoms with E-state index in [1.807, 2.05) is 35.0 Å². The third-order valence-corrected chi connectivity index (χ3v) is 2.90. The van der Waals surface area contributed by atoms with E-state index in [0.29, 0.717) is 5.56 Å². The van der Waals surface area contributed by atoms with Crippen LogP contribution in [0.25, 0.3) is 5.69 Å². The number of para-hydroxylation sites is 2. The average Bonchev–Trinajstić information content (AvgIpc) is 3.10. The Kier molecular flexibility index (Phi) is 3.04. The molecule has 3 rings (SSSR count). The number of imidazole rings is 1. The third kappa shape index (κ3) is 2.31. The average molecular weight is 267 g/mol. The largest absolute Gasteiger partial charge is 0.320 e. The Balaban J connectivity index is 1.90. The number of aromatic nitrogens is 4. The van der Waals surface area contributed by atoms with Crippen molar-refractivity contribution in [3.8, 4) is 5.69 Å². The fourth-order valence-corrected chi connectivity index (χ4v) is 1.94. The molecule has 0 fully saturated rings. The number of carbonyl (C=O) groups is 1. The second-order valence-corrected chi connectivity index (χ2v) is 4.34. The predicted octanol–water partition coefficient (Wildman–Crippen LogP) is 1.86. The van der Waals surface area contributed by atoms with E-state index in [4.69, 9.17) is 0 Å². The molecule has 6 nitrogen and oxygen atoms in total. The smallest absolute Gasteiger partial charge is 0.258 e. The number of nitrogens with zero attached hydrogens (tertiary/aromatic N) is 4. The van der Waals surface area contributed by atoms with Crippen LogP contribution in [0.4, 0.5) is 5.69 Å². The molecule has 0 radical (unpaired) electrons. The van der Waals surface area contributed by atoms with Gasteiger partial charge in [0.15, 0.2) is 0 Å². The lowest BCUT2D eigenvalue weighted by Crippen LogP contribution is -2.13. The van der Waals surface area contributed by atoms with E-state index in [1.165, 1.54) is 6.20 Å². The van der Waals surface area contributed by atoms with Gasteiger partial charge >= 0.3 is 0 Å². The van der Waals surface area contributed by atoms with Gasteiger partial charge in [0.25, 0.3) is 5.91 Å². The summed E-state index contributed by atoms with van der Waals surface area (Å²) in [5.74, 6) is -0.189. The van der Waals surface area contributed by atoms with Gasteiger partial charge in [0.05, 0.1) is 29.5 Å². The molecule has 0 bridgehead atoms. The molecule has 6 heteroatoms. The molecule has 0 aliphatic heterocycles. The maximum Gasteiger partial charge on any atom is 0.258 e. The SMILES string of the molecule is Cn1cc(C(=O)Nc2ccccc2-n2ccnc2)cn1. The van der Waals surface area contributed by atoms with Crippen LogP contribution in [0.15, 0.2) is 55.4 Å². The lowest BCUT2D eigenvalue weighted by molar-refractivity contribution is 0.102. The molecule has 2 aromatic heterocycles. The van der Waals surface area contributed by atoms with Crippen LogP contribution in [0.5, 0.6) is 0 Å². The summed E-state index contributed by atoms with van der Waals surface area (Å²) in [7, 11) is 1.77. The first-order valence-electron chi connectivity index (χ1n) is 6.11. The highest BCUT2D eigenvalue weighted by atomic mass is 16.1. The minimum atomic E-state index is -0.189. The summed E-state index contributed by atoms with van der Waals surface area (Å²) in [4.78, 5) is 16.2. The van der Waals surface area contributed by atoms with Gasteiger partial charge in [-0.2, -0.15) is 5.10 Å². The highest BCUT2D eigenvalue weighted by Gasteiger charge is 2.11. The maximum atomic E-state index is 12.2. The standard InChI is InChI=1S/C14H13N5O/c1-18-9-11(8-16-18)14(20)17-12-4-2-3-5-13(12)19-7-6-15-10-19/h2-10H,1H3,(H,17,20). The Bertz CT molecular complexity index is 730. The molecule has 2 heterocycles. The van der Waals surface area contributed by atoms with Crippen LogP contribution in [0.1, 0.15) is 10.4 Å². The van der Waals surface area contributed by atoms with Gasteiger partial charge in [-0.15, -0.1) is 0 Å².